The first-order valence-electron chi connectivity index (χ1n) is 12.8. The molecular formula is C31H35Cl2N3O3. The van der Waals surface area contributed by atoms with E-state index < -0.39 is 12.1 Å². The fourth-order valence-corrected chi connectivity index (χ4v) is 4.21. The Balaban J connectivity index is 1.94. The molecule has 2 aromatic carbocycles. The minimum atomic E-state index is -0.469. The molecule has 0 aliphatic carbocycles. The molecule has 206 valence electrons. The van der Waals surface area contributed by atoms with Gasteiger partial charge in [0.2, 0.25) is 5.91 Å². The van der Waals surface area contributed by atoms with Crippen LogP contribution in [0.4, 0.5) is 10.5 Å². The Morgan fingerprint density at radius 1 is 1.10 bits per heavy atom. The molecule has 0 fully saturated rings. The van der Waals surface area contributed by atoms with E-state index in [-0.39, 0.29) is 17.2 Å². The standard InChI is InChI=1S/C31H35Cl2N3O3/c1-6-24(32)9-7-8-22(5)34-28-21(4)18-19-36(31(38)39-27-16-12-25(33)13-17-27)29(28)23-10-14-26(15-11-23)35-30(37)20(2)3/h6-17,20,24,29,34H,1,18-19H2,2-5H3,(H,35,37)/b9-7?,22-8+. The highest BCUT2D eigenvalue weighted by molar-refractivity contribution is 6.30. The third kappa shape index (κ3) is 8.50. The average molecular weight is 569 g/mol. The van der Waals surface area contributed by atoms with E-state index >= 15 is 0 Å². The maximum absolute atomic E-state index is 13.5. The first-order chi connectivity index (χ1) is 18.6. The first-order valence-corrected chi connectivity index (χ1v) is 13.6. The Morgan fingerprint density at radius 3 is 2.38 bits per heavy atom. The van der Waals surface area contributed by atoms with Crippen molar-refractivity contribution in [2.24, 2.45) is 5.92 Å². The quantitative estimate of drug-likeness (QED) is 0.183. The van der Waals surface area contributed by atoms with Crippen LogP contribution in [-0.4, -0.2) is 28.8 Å². The number of hydrogen-bond acceptors (Lipinski definition) is 4. The number of halogens is 2. The lowest BCUT2D eigenvalue weighted by atomic mass is 9.93. The summed E-state index contributed by atoms with van der Waals surface area (Å²) in [4.78, 5) is 27.3. The van der Waals surface area contributed by atoms with Crippen LogP contribution in [0.1, 0.15) is 45.7 Å². The van der Waals surface area contributed by atoms with Crippen LogP contribution in [0.25, 0.3) is 0 Å². The van der Waals surface area contributed by atoms with Crippen LogP contribution in [0.2, 0.25) is 5.02 Å². The number of carbonyl (C=O) groups excluding carboxylic acids is 2. The predicted octanol–water partition coefficient (Wildman–Crippen LogP) is 8.00. The molecule has 8 heteroatoms. The number of benzene rings is 2. The molecule has 1 heterocycles. The minimum absolute atomic E-state index is 0.0591. The largest absolute Gasteiger partial charge is 0.416 e. The molecule has 39 heavy (non-hydrogen) atoms. The van der Waals surface area contributed by atoms with E-state index in [0.717, 1.165) is 22.5 Å². The third-order valence-electron chi connectivity index (χ3n) is 6.24. The molecule has 0 saturated heterocycles. The molecule has 2 aromatic rings. The van der Waals surface area contributed by atoms with E-state index in [9.17, 15) is 9.59 Å². The lowest BCUT2D eigenvalue weighted by molar-refractivity contribution is -0.118. The van der Waals surface area contributed by atoms with Gasteiger partial charge in [-0.25, -0.2) is 4.79 Å². The topological polar surface area (TPSA) is 70.7 Å². The van der Waals surface area contributed by atoms with Crippen molar-refractivity contribution in [2.75, 3.05) is 11.9 Å². The Hall–Kier alpha value is -3.48. The number of hydrogen-bond donors (Lipinski definition) is 2. The highest BCUT2D eigenvalue weighted by Crippen LogP contribution is 2.36. The zero-order valence-corrected chi connectivity index (χ0v) is 24.2. The lowest BCUT2D eigenvalue weighted by Crippen LogP contribution is -2.44. The molecule has 0 bridgehead atoms. The molecule has 2 amide bonds. The van der Waals surface area contributed by atoms with Gasteiger partial charge in [-0.15, -0.1) is 18.2 Å². The van der Waals surface area contributed by atoms with Gasteiger partial charge >= 0.3 is 6.09 Å². The van der Waals surface area contributed by atoms with Crippen molar-refractivity contribution in [1.82, 2.24) is 10.2 Å². The van der Waals surface area contributed by atoms with Crippen LogP contribution < -0.4 is 15.4 Å². The Bertz CT molecular complexity index is 1260. The average Bonchev–Trinajstić information content (AvgIpc) is 2.91. The van der Waals surface area contributed by atoms with Crippen LogP contribution in [0.15, 0.2) is 96.4 Å². The molecule has 0 saturated carbocycles. The number of ether oxygens (including phenoxy) is 1. The normalized spacial score (nSPS) is 16.8. The van der Waals surface area contributed by atoms with E-state index in [0.29, 0.717) is 29.4 Å². The second-order valence-corrected chi connectivity index (χ2v) is 10.6. The lowest BCUT2D eigenvalue weighted by Gasteiger charge is -2.38. The van der Waals surface area contributed by atoms with E-state index in [1.165, 1.54) is 0 Å². The van der Waals surface area contributed by atoms with Crippen LogP contribution in [0, 0.1) is 5.92 Å². The smallest absolute Gasteiger partial charge is 0.410 e. The van der Waals surface area contributed by atoms with Gasteiger partial charge in [0.25, 0.3) is 0 Å². The Morgan fingerprint density at radius 2 is 1.77 bits per heavy atom. The number of anilines is 1. The number of nitrogens with one attached hydrogen (secondary N) is 2. The van der Waals surface area contributed by atoms with Gasteiger partial charge in [-0.05, 0) is 73.9 Å². The minimum Gasteiger partial charge on any atom is -0.410 e. The van der Waals surface area contributed by atoms with Gasteiger partial charge in [0.15, 0.2) is 0 Å². The van der Waals surface area contributed by atoms with E-state index in [1.807, 2.05) is 63.3 Å². The summed E-state index contributed by atoms with van der Waals surface area (Å²) < 4.78 is 5.73. The second kappa shape index (κ2) is 14.1. The van der Waals surface area contributed by atoms with E-state index in [4.69, 9.17) is 27.9 Å². The van der Waals surface area contributed by atoms with E-state index in [1.54, 1.807) is 35.2 Å². The molecule has 2 unspecified atom stereocenters. The van der Waals surface area contributed by atoms with Gasteiger partial charge in [-0.2, -0.15) is 0 Å². The Kier molecular flexibility index (Phi) is 10.8. The van der Waals surface area contributed by atoms with Crippen molar-refractivity contribution in [2.45, 2.75) is 45.5 Å². The molecule has 0 radical (unpaired) electrons. The predicted molar refractivity (Wildman–Crippen MR) is 160 cm³/mol. The van der Waals surface area contributed by atoms with Crippen LogP contribution in [0.5, 0.6) is 5.75 Å². The van der Waals surface area contributed by atoms with Crippen molar-refractivity contribution in [3.8, 4) is 5.75 Å². The summed E-state index contributed by atoms with van der Waals surface area (Å²) in [5, 5.41) is 6.73. The first kappa shape index (κ1) is 30.1. The van der Waals surface area contributed by atoms with Crippen LogP contribution in [-0.2, 0) is 4.79 Å². The fourth-order valence-electron chi connectivity index (χ4n) is 4.00. The molecule has 6 nitrogen and oxygen atoms in total. The summed E-state index contributed by atoms with van der Waals surface area (Å²) in [5.41, 5.74) is 4.47. The zero-order chi connectivity index (χ0) is 28.5. The Labute approximate surface area is 241 Å². The number of alkyl halides is 1. The number of amides is 2. The summed E-state index contributed by atoms with van der Waals surface area (Å²) in [7, 11) is 0. The van der Waals surface area contributed by atoms with Gasteiger partial charge < -0.3 is 15.4 Å². The molecule has 2 N–H and O–H groups in total. The number of allylic oxidation sites excluding steroid dienone is 5. The molecular weight excluding hydrogens is 533 g/mol. The summed E-state index contributed by atoms with van der Waals surface area (Å²) in [6.45, 7) is 11.9. The molecule has 1 aliphatic heterocycles. The van der Waals surface area contributed by atoms with Crippen molar-refractivity contribution < 1.29 is 14.3 Å². The maximum atomic E-state index is 13.5. The van der Waals surface area contributed by atoms with Gasteiger partial charge in [0.05, 0.1) is 5.38 Å². The van der Waals surface area contributed by atoms with Gasteiger partial charge in [-0.1, -0.05) is 55.8 Å². The number of rotatable bonds is 9. The zero-order valence-electron chi connectivity index (χ0n) is 22.7. The van der Waals surface area contributed by atoms with Gasteiger partial charge in [0, 0.05) is 34.6 Å². The molecule has 2 atom stereocenters. The second-order valence-electron chi connectivity index (χ2n) is 9.67. The van der Waals surface area contributed by atoms with Gasteiger partial charge in [0.1, 0.15) is 11.8 Å². The fraction of sp³-hybridized carbons (Fsp3) is 0.290. The van der Waals surface area contributed by atoms with Crippen molar-refractivity contribution in [3.63, 3.8) is 0 Å². The monoisotopic (exact) mass is 567 g/mol. The molecule has 1 aliphatic rings. The SMILES string of the molecule is C=CC(Cl)C=C/C=C(\C)NC1=C(C)CCN(C(=O)Oc2ccc(Cl)cc2)C1c1ccc(NC(=O)C(C)C)cc1. The van der Waals surface area contributed by atoms with Crippen LogP contribution in [0.3, 0.4) is 0 Å². The third-order valence-corrected chi connectivity index (χ3v) is 6.82. The van der Waals surface area contributed by atoms with Crippen molar-refractivity contribution in [1.29, 1.82) is 0 Å². The maximum Gasteiger partial charge on any atom is 0.416 e. The summed E-state index contributed by atoms with van der Waals surface area (Å²) in [5.74, 6) is 0.220. The molecule has 0 spiro atoms. The summed E-state index contributed by atoms with van der Waals surface area (Å²) in [6, 6.07) is 13.8. The van der Waals surface area contributed by atoms with Crippen molar-refractivity contribution in [3.05, 3.63) is 107 Å². The highest BCUT2D eigenvalue weighted by atomic mass is 35.5. The van der Waals surface area contributed by atoms with E-state index in [2.05, 4.69) is 24.1 Å². The summed E-state index contributed by atoms with van der Waals surface area (Å²) in [6.07, 6.45) is 7.49. The highest BCUT2D eigenvalue weighted by Gasteiger charge is 2.34. The van der Waals surface area contributed by atoms with Crippen molar-refractivity contribution >= 4 is 40.9 Å². The molecule has 3 rings (SSSR count). The number of carbonyl (C=O) groups is 2. The van der Waals surface area contributed by atoms with Gasteiger partial charge in [-0.3, -0.25) is 9.69 Å². The summed E-state index contributed by atoms with van der Waals surface area (Å²) >= 11 is 12.1. The number of nitrogens with zero attached hydrogens (tertiary/aromatic N) is 1. The van der Waals surface area contributed by atoms with Crippen LogP contribution >= 0.6 is 23.2 Å². The molecule has 0 aromatic heterocycles.